The second-order valence-electron chi connectivity index (χ2n) is 3.98. The standard InChI is InChI=1S/C12H15BrN2OS/c1-7-4-3-5-9(11(7)13)12(16)15-8(2)6-10(14)17/h3-5,8H,6H2,1-2H3,(H2,14,17)(H,15,16). The second kappa shape index (κ2) is 6.12. The molecule has 1 amide bonds. The Morgan fingerprint density at radius 3 is 2.82 bits per heavy atom. The Kier molecular flexibility index (Phi) is 5.08. The van der Waals surface area contributed by atoms with Gasteiger partial charge in [0.15, 0.2) is 0 Å². The summed E-state index contributed by atoms with van der Waals surface area (Å²) in [6.07, 6.45) is 0.504. The van der Waals surface area contributed by atoms with E-state index in [0.29, 0.717) is 17.0 Å². The third kappa shape index (κ3) is 4.09. The first-order valence-electron chi connectivity index (χ1n) is 5.26. The first-order chi connectivity index (χ1) is 7.91. The molecule has 0 aliphatic rings. The smallest absolute Gasteiger partial charge is 0.252 e. The average Bonchev–Trinajstić information content (AvgIpc) is 2.20. The molecular formula is C12H15BrN2OS. The number of carbonyl (C=O) groups excluding carboxylic acids is 1. The Bertz CT molecular complexity index is 448. The first-order valence-corrected chi connectivity index (χ1v) is 6.46. The van der Waals surface area contributed by atoms with E-state index in [4.69, 9.17) is 18.0 Å². The van der Waals surface area contributed by atoms with E-state index in [1.54, 1.807) is 6.07 Å². The summed E-state index contributed by atoms with van der Waals surface area (Å²) in [5.74, 6) is -0.121. The number of aryl methyl sites for hydroxylation is 1. The summed E-state index contributed by atoms with van der Waals surface area (Å²) in [6, 6.07) is 5.51. The van der Waals surface area contributed by atoms with Gasteiger partial charge in [-0.1, -0.05) is 24.4 Å². The fourth-order valence-electron chi connectivity index (χ4n) is 1.48. The molecule has 3 nitrogen and oxygen atoms in total. The van der Waals surface area contributed by atoms with Crippen molar-refractivity contribution in [2.24, 2.45) is 5.73 Å². The summed E-state index contributed by atoms with van der Waals surface area (Å²) in [5, 5.41) is 2.86. The van der Waals surface area contributed by atoms with Crippen LogP contribution in [-0.4, -0.2) is 16.9 Å². The molecule has 0 saturated carbocycles. The number of halogens is 1. The molecule has 0 aromatic heterocycles. The number of amides is 1. The zero-order chi connectivity index (χ0) is 13.0. The molecule has 3 N–H and O–H groups in total. The Balaban J connectivity index is 2.77. The third-order valence-corrected chi connectivity index (χ3v) is 3.54. The largest absolute Gasteiger partial charge is 0.393 e. The van der Waals surface area contributed by atoms with Crippen LogP contribution < -0.4 is 11.1 Å². The number of hydrogen-bond donors (Lipinski definition) is 2. The Labute approximate surface area is 115 Å². The minimum Gasteiger partial charge on any atom is -0.393 e. The van der Waals surface area contributed by atoms with Crippen molar-refractivity contribution in [1.29, 1.82) is 0 Å². The lowest BCUT2D eigenvalue weighted by molar-refractivity contribution is 0.0940. The van der Waals surface area contributed by atoms with Gasteiger partial charge in [0.25, 0.3) is 5.91 Å². The van der Waals surface area contributed by atoms with Crippen molar-refractivity contribution in [2.75, 3.05) is 0 Å². The molecule has 92 valence electrons. The number of benzene rings is 1. The maximum atomic E-state index is 12.0. The number of nitrogens with two attached hydrogens (primary N) is 1. The summed E-state index contributed by atoms with van der Waals surface area (Å²) in [5.41, 5.74) is 7.08. The van der Waals surface area contributed by atoms with Crippen LogP contribution in [0, 0.1) is 6.92 Å². The summed E-state index contributed by atoms with van der Waals surface area (Å²) in [6.45, 7) is 3.82. The number of nitrogens with one attached hydrogen (secondary N) is 1. The van der Waals surface area contributed by atoms with E-state index in [0.717, 1.165) is 10.0 Å². The molecule has 0 aliphatic carbocycles. The molecule has 1 unspecified atom stereocenters. The van der Waals surface area contributed by atoms with Gasteiger partial charge >= 0.3 is 0 Å². The maximum absolute atomic E-state index is 12.0. The minimum atomic E-state index is -0.121. The van der Waals surface area contributed by atoms with Gasteiger partial charge in [-0.3, -0.25) is 4.79 Å². The van der Waals surface area contributed by atoms with Gasteiger partial charge in [-0.2, -0.15) is 0 Å². The van der Waals surface area contributed by atoms with Crippen LogP contribution in [0.5, 0.6) is 0 Å². The minimum absolute atomic E-state index is 0.0626. The van der Waals surface area contributed by atoms with E-state index in [1.165, 1.54) is 0 Å². The SMILES string of the molecule is Cc1cccc(C(=O)NC(C)CC(N)=S)c1Br. The van der Waals surface area contributed by atoms with Crippen LogP contribution in [0.15, 0.2) is 22.7 Å². The molecular weight excluding hydrogens is 300 g/mol. The lowest BCUT2D eigenvalue weighted by Gasteiger charge is -2.14. The summed E-state index contributed by atoms with van der Waals surface area (Å²) >= 11 is 8.22. The lowest BCUT2D eigenvalue weighted by Crippen LogP contribution is -2.35. The monoisotopic (exact) mass is 314 g/mol. The maximum Gasteiger partial charge on any atom is 0.252 e. The van der Waals surface area contributed by atoms with Crippen molar-refractivity contribution in [1.82, 2.24) is 5.32 Å². The topological polar surface area (TPSA) is 55.1 Å². The second-order valence-corrected chi connectivity index (χ2v) is 5.30. The fourth-order valence-corrected chi connectivity index (χ4v) is 2.17. The number of carbonyl (C=O) groups is 1. The molecule has 17 heavy (non-hydrogen) atoms. The molecule has 0 bridgehead atoms. The fraction of sp³-hybridized carbons (Fsp3) is 0.333. The van der Waals surface area contributed by atoms with Crippen LogP contribution in [0.2, 0.25) is 0 Å². The number of hydrogen-bond acceptors (Lipinski definition) is 2. The van der Waals surface area contributed by atoms with Gasteiger partial charge < -0.3 is 11.1 Å². The Morgan fingerprint density at radius 1 is 1.59 bits per heavy atom. The van der Waals surface area contributed by atoms with Crippen LogP contribution in [0.1, 0.15) is 29.3 Å². The molecule has 5 heteroatoms. The summed E-state index contributed by atoms with van der Waals surface area (Å²) in [4.78, 5) is 12.4. The van der Waals surface area contributed by atoms with Crippen LogP contribution in [0.4, 0.5) is 0 Å². The summed E-state index contributed by atoms with van der Waals surface area (Å²) in [7, 11) is 0. The first kappa shape index (κ1) is 14.1. The molecule has 1 aromatic carbocycles. The van der Waals surface area contributed by atoms with Gasteiger partial charge in [-0.15, -0.1) is 0 Å². The molecule has 1 rings (SSSR count). The normalized spacial score (nSPS) is 11.9. The number of thiocarbonyl (C=S) groups is 1. The van der Waals surface area contributed by atoms with Crippen molar-refractivity contribution in [2.45, 2.75) is 26.3 Å². The highest BCUT2D eigenvalue weighted by molar-refractivity contribution is 9.10. The quantitative estimate of drug-likeness (QED) is 0.840. The van der Waals surface area contributed by atoms with E-state index in [1.807, 2.05) is 26.0 Å². The van der Waals surface area contributed by atoms with Gasteiger partial charge in [0.2, 0.25) is 0 Å². The molecule has 0 radical (unpaired) electrons. The zero-order valence-corrected chi connectivity index (χ0v) is 12.2. The van der Waals surface area contributed by atoms with Gasteiger partial charge in [0, 0.05) is 16.9 Å². The molecule has 0 spiro atoms. The highest BCUT2D eigenvalue weighted by Crippen LogP contribution is 2.20. The predicted octanol–water partition coefficient (Wildman–Crippen LogP) is 2.55. The van der Waals surface area contributed by atoms with Crippen LogP contribution in [-0.2, 0) is 0 Å². The van der Waals surface area contributed by atoms with Crippen molar-refractivity contribution in [3.05, 3.63) is 33.8 Å². The summed E-state index contributed by atoms with van der Waals surface area (Å²) < 4.78 is 0.819. The van der Waals surface area contributed by atoms with Crippen LogP contribution in [0.25, 0.3) is 0 Å². The zero-order valence-electron chi connectivity index (χ0n) is 9.79. The van der Waals surface area contributed by atoms with Gasteiger partial charge in [0.1, 0.15) is 0 Å². The molecule has 0 aliphatic heterocycles. The van der Waals surface area contributed by atoms with Gasteiger partial charge in [0.05, 0.1) is 10.6 Å². The lowest BCUT2D eigenvalue weighted by atomic mass is 10.1. The highest BCUT2D eigenvalue weighted by Gasteiger charge is 2.13. The highest BCUT2D eigenvalue weighted by atomic mass is 79.9. The van der Waals surface area contributed by atoms with Gasteiger partial charge in [-0.05, 0) is 41.4 Å². The molecule has 0 saturated heterocycles. The van der Waals surface area contributed by atoms with Crippen molar-refractivity contribution in [3.8, 4) is 0 Å². The van der Waals surface area contributed by atoms with Gasteiger partial charge in [-0.25, -0.2) is 0 Å². The number of rotatable bonds is 4. The van der Waals surface area contributed by atoms with E-state index in [2.05, 4.69) is 21.2 Å². The van der Waals surface area contributed by atoms with E-state index < -0.39 is 0 Å². The van der Waals surface area contributed by atoms with Crippen molar-refractivity contribution >= 4 is 39.0 Å². The van der Waals surface area contributed by atoms with Crippen molar-refractivity contribution in [3.63, 3.8) is 0 Å². The molecule has 1 aromatic rings. The van der Waals surface area contributed by atoms with Crippen molar-refractivity contribution < 1.29 is 4.79 Å². The predicted molar refractivity (Wildman–Crippen MR) is 77.2 cm³/mol. The van der Waals surface area contributed by atoms with Crippen LogP contribution >= 0.6 is 28.1 Å². The van der Waals surface area contributed by atoms with E-state index in [-0.39, 0.29) is 11.9 Å². The third-order valence-electron chi connectivity index (χ3n) is 2.32. The van der Waals surface area contributed by atoms with E-state index >= 15 is 0 Å². The Morgan fingerprint density at radius 2 is 2.24 bits per heavy atom. The van der Waals surface area contributed by atoms with Crippen LogP contribution in [0.3, 0.4) is 0 Å². The van der Waals surface area contributed by atoms with E-state index in [9.17, 15) is 4.79 Å². The molecule has 0 fully saturated rings. The Hall–Kier alpha value is -0.940. The molecule has 1 atom stereocenters. The average molecular weight is 315 g/mol. The molecule has 0 heterocycles.